The summed E-state index contributed by atoms with van der Waals surface area (Å²) in [5.74, 6) is 0.813. The van der Waals surface area contributed by atoms with Crippen LogP contribution in [0.5, 0.6) is 11.5 Å². The van der Waals surface area contributed by atoms with Crippen molar-refractivity contribution >= 4 is 0 Å². The van der Waals surface area contributed by atoms with Crippen molar-refractivity contribution in [3.05, 3.63) is 24.3 Å². The second-order valence-electron chi connectivity index (χ2n) is 4.43. The van der Waals surface area contributed by atoms with Crippen LogP contribution >= 0.6 is 0 Å². The zero-order chi connectivity index (χ0) is 12.1. The molecule has 1 aromatic rings. The molecular formula is C13H18O4. The van der Waals surface area contributed by atoms with Crippen molar-refractivity contribution in [2.45, 2.75) is 24.9 Å². The van der Waals surface area contributed by atoms with Gasteiger partial charge in [0.1, 0.15) is 11.5 Å². The number of hydrogen-bond acceptors (Lipinski definition) is 4. The molecule has 0 bridgehead atoms. The van der Waals surface area contributed by atoms with Gasteiger partial charge in [0, 0.05) is 25.7 Å². The molecule has 1 aliphatic heterocycles. The molecule has 1 aromatic carbocycles. The van der Waals surface area contributed by atoms with Crippen LogP contribution in [-0.4, -0.2) is 35.6 Å². The van der Waals surface area contributed by atoms with Gasteiger partial charge in [-0.1, -0.05) is 6.07 Å². The lowest BCUT2D eigenvalue weighted by atomic mass is 9.91. The molecule has 0 aliphatic carbocycles. The quantitative estimate of drug-likeness (QED) is 0.838. The molecule has 0 radical (unpaired) electrons. The highest BCUT2D eigenvalue weighted by atomic mass is 16.5. The summed E-state index contributed by atoms with van der Waals surface area (Å²) in [7, 11) is 0. The van der Waals surface area contributed by atoms with Gasteiger partial charge < -0.3 is 19.7 Å². The Labute approximate surface area is 101 Å². The highest BCUT2D eigenvalue weighted by Crippen LogP contribution is 2.25. The summed E-state index contributed by atoms with van der Waals surface area (Å²) < 4.78 is 10.7. The maximum atomic E-state index is 10.2. The van der Waals surface area contributed by atoms with E-state index >= 15 is 0 Å². The normalized spacial score (nSPS) is 18.9. The van der Waals surface area contributed by atoms with E-state index in [4.69, 9.17) is 9.47 Å². The van der Waals surface area contributed by atoms with Crippen molar-refractivity contribution in [1.82, 2.24) is 0 Å². The molecule has 0 spiro atoms. The summed E-state index contributed by atoms with van der Waals surface area (Å²) in [5.41, 5.74) is -0.658. The maximum Gasteiger partial charge on any atom is 0.122 e. The van der Waals surface area contributed by atoms with Crippen LogP contribution in [0.4, 0.5) is 0 Å². The standard InChI is InChI=1S/C13H18O4/c14-11-2-1-3-12(10-11)17-9-6-13(15)4-7-16-8-5-13/h1-3,10,14-15H,4-9H2. The molecule has 1 fully saturated rings. The van der Waals surface area contributed by atoms with E-state index < -0.39 is 5.60 Å². The van der Waals surface area contributed by atoms with Gasteiger partial charge in [-0.3, -0.25) is 0 Å². The molecule has 2 N–H and O–H groups in total. The minimum absolute atomic E-state index is 0.187. The molecule has 17 heavy (non-hydrogen) atoms. The molecular weight excluding hydrogens is 220 g/mol. The van der Waals surface area contributed by atoms with E-state index in [1.807, 2.05) is 0 Å². The van der Waals surface area contributed by atoms with Gasteiger partial charge in [-0.2, -0.15) is 0 Å². The lowest BCUT2D eigenvalue weighted by molar-refractivity contribution is -0.0729. The second-order valence-corrected chi connectivity index (χ2v) is 4.43. The fraction of sp³-hybridized carbons (Fsp3) is 0.538. The first-order chi connectivity index (χ1) is 8.18. The first-order valence-electron chi connectivity index (χ1n) is 5.90. The summed E-state index contributed by atoms with van der Waals surface area (Å²) in [6.07, 6.45) is 1.92. The Morgan fingerprint density at radius 2 is 2.06 bits per heavy atom. The van der Waals surface area contributed by atoms with Crippen molar-refractivity contribution in [2.24, 2.45) is 0 Å². The molecule has 0 atom stereocenters. The zero-order valence-electron chi connectivity index (χ0n) is 9.76. The highest BCUT2D eigenvalue weighted by molar-refractivity contribution is 5.31. The SMILES string of the molecule is Oc1cccc(OCCC2(O)CCOCC2)c1. The van der Waals surface area contributed by atoms with E-state index in [-0.39, 0.29) is 5.75 Å². The van der Waals surface area contributed by atoms with Crippen LogP contribution in [0.2, 0.25) is 0 Å². The summed E-state index contributed by atoms with van der Waals surface area (Å²) >= 11 is 0. The summed E-state index contributed by atoms with van der Waals surface area (Å²) in [6, 6.07) is 6.68. The Balaban J connectivity index is 1.79. The summed E-state index contributed by atoms with van der Waals surface area (Å²) in [4.78, 5) is 0. The first-order valence-corrected chi connectivity index (χ1v) is 5.90. The number of hydrogen-bond donors (Lipinski definition) is 2. The zero-order valence-corrected chi connectivity index (χ0v) is 9.76. The largest absolute Gasteiger partial charge is 0.508 e. The molecule has 4 nitrogen and oxygen atoms in total. The number of ether oxygens (including phenoxy) is 2. The van der Waals surface area contributed by atoms with Gasteiger partial charge >= 0.3 is 0 Å². The number of aliphatic hydroxyl groups is 1. The Kier molecular flexibility index (Phi) is 3.86. The maximum absolute atomic E-state index is 10.2. The molecule has 1 saturated heterocycles. The second kappa shape index (κ2) is 5.38. The predicted molar refractivity (Wildman–Crippen MR) is 63.2 cm³/mol. The van der Waals surface area contributed by atoms with Crippen LogP contribution in [0.3, 0.4) is 0 Å². The minimum atomic E-state index is -0.658. The van der Waals surface area contributed by atoms with E-state index in [0.717, 1.165) is 0 Å². The Hall–Kier alpha value is -1.26. The van der Waals surface area contributed by atoms with Crippen LogP contribution < -0.4 is 4.74 Å². The van der Waals surface area contributed by atoms with E-state index in [1.54, 1.807) is 24.3 Å². The topological polar surface area (TPSA) is 58.9 Å². The van der Waals surface area contributed by atoms with Gasteiger partial charge in [-0.15, -0.1) is 0 Å². The number of phenols is 1. The van der Waals surface area contributed by atoms with E-state index in [9.17, 15) is 10.2 Å². The molecule has 2 rings (SSSR count). The molecule has 1 heterocycles. The van der Waals surface area contributed by atoms with Gasteiger partial charge in [0.15, 0.2) is 0 Å². The van der Waals surface area contributed by atoms with Crippen molar-refractivity contribution in [3.8, 4) is 11.5 Å². The fourth-order valence-corrected chi connectivity index (χ4v) is 1.93. The molecule has 0 aromatic heterocycles. The van der Waals surface area contributed by atoms with Crippen molar-refractivity contribution in [1.29, 1.82) is 0 Å². The van der Waals surface area contributed by atoms with Crippen molar-refractivity contribution in [3.63, 3.8) is 0 Å². The fourth-order valence-electron chi connectivity index (χ4n) is 1.93. The summed E-state index contributed by atoms with van der Waals surface area (Å²) in [6.45, 7) is 1.67. The lowest BCUT2D eigenvalue weighted by Gasteiger charge is -2.31. The molecule has 94 valence electrons. The predicted octanol–water partition coefficient (Wildman–Crippen LogP) is 1.70. The van der Waals surface area contributed by atoms with Gasteiger partial charge in [0.25, 0.3) is 0 Å². The third-order valence-corrected chi connectivity index (χ3v) is 3.08. The number of benzene rings is 1. The van der Waals surface area contributed by atoms with E-state index in [1.165, 1.54) is 0 Å². The van der Waals surface area contributed by atoms with Crippen LogP contribution in [0.25, 0.3) is 0 Å². The van der Waals surface area contributed by atoms with Gasteiger partial charge in [-0.25, -0.2) is 0 Å². The van der Waals surface area contributed by atoms with Crippen LogP contribution in [0, 0.1) is 0 Å². The third-order valence-electron chi connectivity index (χ3n) is 3.08. The average molecular weight is 238 g/mol. The number of phenolic OH excluding ortho intramolecular Hbond substituents is 1. The Morgan fingerprint density at radius 1 is 1.29 bits per heavy atom. The highest BCUT2D eigenvalue weighted by Gasteiger charge is 2.29. The Bertz CT molecular complexity index is 358. The van der Waals surface area contributed by atoms with Crippen LogP contribution in [0.1, 0.15) is 19.3 Å². The van der Waals surface area contributed by atoms with Crippen LogP contribution in [0.15, 0.2) is 24.3 Å². The molecule has 0 unspecified atom stereocenters. The molecule has 0 saturated carbocycles. The van der Waals surface area contributed by atoms with Gasteiger partial charge in [-0.05, 0) is 25.0 Å². The van der Waals surface area contributed by atoms with Gasteiger partial charge in [0.05, 0.1) is 12.2 Å². The summed E-state index contributed by atoms with van der Waals surface area (Å²) in [5, 5.41) is 19.5. The monoisotopic (exact) mass is 238 g/mol. The average Bonchev–Trinajstić information content (AvgIpc) is 2.30. The molecule has 0 amide bonds. The van der Waals surface area contributed by atoms with E-state index in [2.05, 4.69) is 0 Å². The Morgan fingerprint density at radius 3 is 2.76 bits per heavy atom. The van der Waals surface area contributed by atoms with Crippen molar-refractivity contribution in [2.75, 3.05) is 19.8 Å². The van der Waals surface area contributed by atoms with Gasteiger partial charge in [0.2, 0.25) is 0 Å². The lowest BCUT2D eigenvalue weighted by Crippen LogP contribution is -2.37. The number of aromatic hydroxyl groups is 1. The van der Waals surface area contributed by atoms with Crippen LogP contribution in [-0.2, 0) is 4.74 Å². The smallest absolute Gasteiger partial charge is 0.122 e. The van der Waals surface area contributed by atoms with E-state index in [0.29, 0.717) is 44.8 Å². The number of rotatable bonds is 4. The minimum Gasteiger partial charge on any atom is -0.508 e. The first kappa shape index (κ1) is 12.2. The molecule has 1 aliphatic rings. The molecule has 4 heteroatoms. The third kappa shape index (κ3) is 3.61. The van der Waals surface area contributed by atoms with Crippen molar-refractivity contribution < 1.29 is 19.7 Å².